The topological polar surface area (TPSA) is 56.2 Å². The van der Waals surface area contributed by atoms with Crippen molar-refractivity contribution in [2.45, 2.75) is 19.9 Å². The van der Waals surface area contributed by atoms with E-state index in [4.69, 9.17) is 5.73 Å². The van der Waals surface area contributed by atoms with Crippen LogP contribution in [0.4, 0.5) is 0 Å². The second-order valence-corrected chi connectivity index (χ2v) is 4.68. The van der Waals surface area contributed by atoms with Crippen molar-refractivity contribution in [3.63, 3.8) is 0 Å². The Bertz CT molecular complexity index is 715. The van der Waals surface area contributed by atoms with Gasteiger partial charge >= 0.3 is 0 Å². The fraction of sp³-hybridized carbons (Fsp3) is 0.200. The van der Waals surface area contributed by atoms with Crippen LogP contribution in [0.25, 0.3) is 5.65 Å². The standard InChI is InChI=1S/C15H16N4/c1-11-4-2-3-5-13(11)8-14-17-15-7-6-12(9-16)10-19(15)18-14/h2-7,10H,8-9,16H2,1H3. The maximum Gasteiger partial charge on any atom is 0.156 e. The number of rotatable bonds is 3. The summed E-state index contributed by atoms with van der Waals surface area (Å²) in [5, 5.41) is 4.51. The van der Waals surface area contributed by atoms with E-state index in [9.17, 15) is 0 Å². The third-order valence-electron chi connectivity index (χ3n) is 3.28. The van der Waals surface area contributed by atoms with Crippen LogP contribution in [0.2, 0.25) is 0 Å². The van der Waals surface area contributed by atoms with Gasteiger partial charge in [-0.05, 0) is 29.7 Å². The first-order valence-corrected chi connectivity index (χ1v) is 6.35. The molecule has 3 aromatic rings. The predicted molar refractivity (Wildman–Crippen MR) is 74.9 cm³/mol. The van der Waals surface area contributed by atoms with E-state index in [1.165, 1.54) is 11.1 Å². The van der Waals surface area contributed by atoms with Gasteiger partial charge in [-0.3, -0.25) is 0 Å². The van der Waals surface area contributed by atoms with E-state index in [1.54, 1.807) is 4.52 Å². The van der Waals surface area contributed by atoms with Gasteiger partial charge in [-0.15, -0.1) is 0 Å². The minimum absolute atomic E-state index is 0.517. The number of aromatic nitrogens is 3. The third kappa shape index (κ3) is 2.35. The molecule has 4 nitrogen and oxygen atoms in total. The zero-order valence-electron chi connectivity index (χ0n) is 10.9. The van der Waals surface area contributed by atoms with Crippen molar-refractivity contribution >= 4 is 5.65 Å². The van der Waals surface area contributed by atoms with Crippen LogP contribution in [0.1, 0.15) is 22.5 Å². The monoisotopic (exact) mass is 252 g/mol. The average molecular weight is 252 g/mol. The van der Waals surface area contributed by atoms with E-state index < -0.39 is 0 Å². The van der Waals surface area contributed by atoms with Crippen molar-refractivity contribution < 1.29 is 0 Å². The predicted octanol–water partition coefficient (Wildman–Crippen LogP) is 2.09. The molecule has 0 atom stereocenters. The highest BCUT2D eigenvalue weighted by Gasteiger charge is 2.06. The minimum Gasteiger partial charge on any atom is -0.326 e. The molecule has 0 saturated carbocycles. The van der Waals surface area contributed by atoms with Gasteiger partial charge in [0.1, 0.15) is 0 Å². The van der Waals surface area contributed by atoms with E-state index in [0.29, 0.717) is 6.54 Å². The highest BCUT2D eigenvalue weighted by Crippen LogP contribution is 2.12. The summed E-state index contributed by atoms with van der Waals surface area (Å²) in [7, 11) is 0. The molecule has 0 aliphatic carbocycles. The van der Waals surface area contributed by atoms with Crippen molar-refractivity contribution in [3.8, 4) is 0 Å². The Labute approximate surface area is 111 Å². The van der Waals surface area contributed by atoms with Crippen molar-refractivity contribution in [1.29, 1.82) is 0 Å². The Hall–Kier alpha value is -2.20. The summed E-state index contributed by atoms with van der Waals surface area (Å²) in [6.45, 7) is 2.63. The first-order valence-electron chi connectivity index (χ1n) is 6.35. The quantitative estimate of drug-likeness (QED) is 0.776. The number of fused-ring (bicyclic) bond motifs is 1. The second-order valence-electron chi connectivity index (χ2n) is 4.68. The minimum atomic E-state index is 0.517. The number of benzene rings is 1. The van der Waals surface area contributed by atoms with Gasteiger partial charge in [0.2, 0.25) is 0 Å². The van der Waals surface area contributed by atoms with Gasteiger partial charge in [-0.1, -0.05) is 30.3 Å². The van der Waals surface area contributed by atoms with Gasteiger partial charge in [0.15, 0.2) is 11.5 Å². The number of hydrogen-bond acceptors (Lipinski definition) is 3. The van der Waals surface area contributed by atoms with Gasteiger partial charge in [0.25, 0.3) is 0 Å². The number of aryl methyl sites for hydroxylation is 1. The lowest BCUT2D eigenvalue weighted by Gasteiger charge is -2.01. The molecular formula is C15H16N4. The number of pyridine rings is 1. The smallest absolute Gasteiger partial charge is 0.156 e. The molecule has 0 saturated heterocycles. The highest BCUT2D eigenvalue weighted by atomic mass is 15.3. The lowest BCUT2D eigenvalue weighted by atomic mass is 10.1. The van der Waals surface area contributed by atoms with Crippen LogP contribution in [0.3, 0.4) is 0 Å². The van der Waals surface area contributed by atoms with Crippen molar-refractivity contribution in [3.05, 3.63) is 65.1 Å². The molecule has 1 aromatic carbocycles. The summed E-state index contributed by atoms with van der Waals surface area (Å²) >= 11 is 0. The molecule has 0 fully saturated rings. The van der Waals surface area contributed by atoms with E-state index >= 15 is 0 Å². The number of nitrogens with zero attached hydrogens (tertiary/aromatic N) is 3. The molecule has 0 radical (unpaired) electrons. The fourth-order valence-electron chi connectivity index (χ4n) is 2.15. The molecule has 4 heteroatoms. The molecule has 0 amide bonds. The van der Waals surface area contributed by atoms with E-state index in [2.05, 4.69) is 29.1 Å². The molecular weight excluding hydrogens is 236 g/mol. The summed E-state index contributed by atoms with van der Waals surface area (Å²) in [5.74, 6) is 0.837. The SMILES string of the molecule is Cc1ccccc1Cc1nc2ccc(CN)cn2n1. The Balaban J connectivity index is 1.95. The van der Waals surface area contributed by atoms with Crippen molar-refractivity contribution in [2.24, 2.45) is 5.73 Å². The van der Waals surface area contributed by atoms with Crippen molar-refractivity contribution in [2.75, 3.05) is 0 Å². The van der Waals surface area contributed by atoms with Gasteiger partial charge in [0, 0.05) is 19.2 Å². The van der Waals surface area contributed by atoms with Crippen molar-refractivity contribution in [1.82, 2.24) is 14.6 Å². The van der Waals surface area contributed by atoms with E-state index in [-0.39, 0.29) is 0 Å². The lowest BCUT2D eigenvalue weighted by molar-refractivity contribution is 0.882. The maximum absolute atomic E-state index is 5.63. The molecule has 0 unspecified atom stereocenters. The van der Waals surface area contributed by atoms with Crippen LogP contribution < -0.4 is 5.73 Å². The van der Waals surface area contributed by atoms with E-state index in [0.717, 1.165) is 23.5 Å². The largest absolute Gasteiger partial charge is 0.326 e. The van der Waals surface area contributed by atoms with Crippen LogP contribution in [-0.4, -0.2) is 14.6 Å². The molecule has 2 aromatic heterocycles. The van der Waals surface area contributed by atoms with Crippen LogP contribution >= 0.6 is 0 Å². The molecule has 3 rings (SSSR count). The molecule has 2 N–H and O–H groups in total. The first-order chi connectivity index (χ1) is 9.26. The van der Waals surface area contributed by atoms with Crippen LogP contribution in [-0.2, 0) is 13.0 Å². The average Bonchev–Trinajstić information content (AvgIpc) is 2.82. The van der Waals surface area contributed by atoms with Gasteiger partial charge in [-0.2, -0.15) is 5.10 Å². The maximum atomic E-state index is 5.63. The van der Waals surface area contributed by atoms with Gasteiger partial charge < -0.3 is 5.73 Å². The number of hydrogen-bond donors (Lipinski definition) is 1. The Morgan fingerprint density at radius 1 is 1.16 bits per heavy atom. The van der Waals surface area contributed by atoms with Crippen LogP contribution in [0.15, 0.2) is 42.6 Å². The number of nitrogens with two attached hydrogens (primary N) is 1. The fourth-order valence-corrected chi connectivity index (χ4v) is 2.15. The Morgan fingerprint density at radius 2 is 2.00 bits per heavy atom. The molecule has 0 aliphatic heterocycles. The summed E-state index contributed by atoms with van der Waals surface area (Å²) in [5.41, 5.74) is 10.1. The third-order valence-corrected chi connectivity index (χ3v) is 3.28. The first kappa shape index (κ1) is 11.9. The summed E-state index contributed by atoms with van der Waals surface area (Å²) in [6, 6.07) is 12.3. The molecule has 0 aliphatic rings. The second kappa shape index (κ2) is 4.82. The molecule has 0 bridgehead atoms. The van der Waals surface area contributed by atoms with Crippen LogP contribution in [0.5, 0.6) is 0 Å². The summed E-state index contributed by atoms with van der Waals surface area (Å²) in [4.78, 5) is 4.54. The van der Waals surface area contributed by atoms with E-state index in [1.807, 2.05) is 30.5 Å². The summed E-state index contributed by atoms with van der Waals surface area (Å²) in [6.07, 6.45) is 2.69. The normalized spacial score (nSPS) is 11.1. The molecule has 96 valence electrons. The van der Waals surface area contributed by atoms with Gasteiger partial charge in [0.05, 0.1) is 0 Å². The molecule has 2 heterocycles. The Kier molecular flexibility index (Phi) is 3.01. The zero-order chi connectivity index (χ0) is 13.2. The molecule has 19 heavy (non-hydrogen) atoms. The highest BCUT2D eigenvalue weighted by molar-refractivity contribution is 5.39. The lowest BCUT2D eigenvalue weighted by Crippen LogP contribution is -1.99. The molecule has 0 spiro atoms. The Morgan fingerprint density at radius 3 is 2.79 bits per heavy atom. The zero-order valence-corrected chi connectivity index (χ0v) is 10.9. The summed E-state index contributed by atoms with van der Waals surface area (Å²) < 4.78 is 1.80. The van der Waals surface area contributed by atoms with Gasteiger partial charge in [-0.25, -0.2) is 9.50 Å². The van der Waals surface area contributed by atoms with Crippen LogP contribution in [0, 0.1) is 6.92 Å².